The van der Waals surface area contributed by atoms with E-state index in [1.807, 2.05) is 5.32 Å². The van der Waals surface area contributed by atoms with Crippen LogP contribution in [0.1, 0.15) is 36.5 Å². The standard InChI is InChI=1S/C43H33F12N3O7/c1-38(40(44,45)46,41(47,48)49)21-6-9-27(59)24(14-21)56-34(62)30-17-2-3-18(12-17)31(30)35(63)57-25-15-22(7-10-28(25)60)39(42(50,51)52,43(53,54)55)23-8-11-29(61)26(16-23)58-36(64)32-19-4-5-20(13-19)33(32)37(58)65/h2-11,14-20,30-33,59-61H,12-13H2,1H3,(H,56,62)(H,57,63). The minimum Gasteiger partial charge on any atom is -0.506 e. The van der Waals surface area contributed by atoms with Gasteiger partial charge in [0.2, 0.25) is 29.0 Å². The smallest absolute Gasteiger partial charge is 0.411 e. The summed E-state index contributed by atoms with van der Waals surface area (Å²) in [5.74, 6) is -14.9. The Kier molecular flexibility index (Phi) is 10.2. The maximum atomic E-state index is 15.4. The summed E-state index contributed by atoms with van der Waals surface area (Å²) in [6.07, 6.45) is -17.7. The molecule has 1 aliphatic heterocycles. The van der Waals surface area contributed by atoms with E-state index in [0.29, 0.717) is 35.6 Å². The first-order valence-corrected chi connectivity index (χ1v) is 19.7. The Labute approximate surface area is 358 Å². The predicted molar refractivity (Wildman–Crippen MR) is 202 cm³/mol. The van der Waals surface area contributed by atoms with E-state index in [-0.39, 0.29) is 43.7 Å². The summed E-state index contributed by atoms with van der Waals surface area (Å²) in [7, 11) is 0. The minimum atomic E-state index is -6.31. The van der Waals surface area contributed by atoms with Gasteiger partial charge in [-0.25, -0.2) is 4.90 Å². The highest BCUT2D eigenvalue weighted by Gasteiger charge is 2.73. The monoisotopic (exact) mass is 931 g/mol. The SMILES string of the molecule is CC(c1ccc(O)c(NC(=O)C2C3C=CC(C3)C2C(=O)Nc2cc(C(c3ccc(O)c(N4C(=O)C5C6C=CC(C6)C5C4=O)c3)(C(F)(F)F)C(F)(F)F)ccc2O)c1)(C(F)(F)F)C(F)(F)F. The maximum absolute atomic E-state index is 15.4. The van der Waals surface area contributed by atoms with Gasteiger partial charge in [-0.05, 0) is 96.5 Å². The number of rotatable bonds is 8. The van der Waals surface area contributed by atoms with Crippen molar-refractivity contribution in [1.29, 1.82) is 0 Å². The molecule has 4 aliphatic carbocycles. The molecular formula is C43H33F12N3O7. The van der Waals surface area contributed by atoms with Crippen LogP contribution in [0.5, 0.6) is 17.2 Å². The van der Waals surface area contributed by atoms with Gasteiger partial charge in [-0.15, -0.1) is 0 Å². The van der Waals surface area contributed by atoms with Crippen molar-refractivity contribution in [3.8, 4) is 17.2 Å². The average molecular weight is 932 g/mol. The summed E-state index contributed by atoms with van der Waals surface area (Å²) in [6, 6.07) is 2.86. The van der Waals surface area contributed by atoms with Crippen molar-refractivity contribution in [2.24, 2.45) is 47.3 Å². The van der Waals surface area contributed by atoms with Crippen molar-refractivity contribution in [1.82, 2.24) is 0 Å². The van der Waals surface area contributed by atoms with E-state index in [4.69, 9.17) is 0 Å². The van der Waals surface area contributed by atoms with Crippen LogP contribution in [-0.2, 0) is 30.0 Å². The highest BCUT2D eigenvalue weighted by atomic mass is 19.4. The molecule has 5 aliphatic rings. The van der Waals surface area contributed by atoms with Gasteiger partial charge in [-0.3, -0.25) is 19.2 Å². The van der Waals surface area contributed by atoms with Crippen molar-refractivity contribution in [2.75, 3.05) is 15.5 Å². The van der Waals surface area contributed by atoms with Crippen molar-refractivity contribution in [3.05, 3.63) is 95.6 Å². The van der Waals surface area contributed by atoms with Crippen LogP contribution in [0.3, 0.4) is 0 Å². The van der Waals surface area contributed by atoms with Crippen molar-refractivity contribution in [3.63, 3.8) is 0 Å². The number of imide groups is 1. The molecule has 346 valence electrons. The largest absolute Gasteiger partial charge is 0.506 e. The number of nitrogens with one attached hydrogen (secondary N) is 2. The zero-order chi connectivity index (χ0) is 47.7. The van der Waals surface area contributed by atoms with Crippen LogP contribution in [0, 0.1) is 47.3 Å². The number of carbonyl (C=O) groups excluding carboxylic acids is 4. The van der Waals surface area contributed by atoms with Crippen molar-refractivity contribution < 1.29 is 87.2 Å². The lowest BCUT2D eigenvalue weighted by Gasteiger charge is -2.39. The number of anilines is 3. The van der Waals surface area contributed by atoms with E-state index in [1.165, 1.54) is 12.2 Å². The summed E-state index contributed by atoms with van der Waals surface area (Å²) in [5, 5.41) is 36.0. The Bertz CT molecular complexity index is 2530. The van der Waals surface area contributed by atoms with Crippen LogP contribution in [0.4, 0.5) is 69.7 Å². The van der Waals surface area contributed by atoms with Crippen molar-refractivity contribution in [2.45, 2.75) is 55.3 Å². The number of halogens is 12. The normalized spacial score (nSPS) is 26.3. The summed E-state index contributed by atoms with van der Waals surface area (Å²) in [5.41, 5.74) is -17.1. The number of alkyl halides is 12. The topological polar surface area (TPSA) is 156 Å². The molecule has 8 atom stereocenters. The van der Waals surface area contributed by atoms with Gasteiger partial charge < -0.3 is 26.0 Å². The van der Waals surface area contributed by atoms with Crippen LogP contribution < -0.4 is 15.5 Å². The van der Waals surface area contributed by atoms with Gasteiger partial charge in [-0.1, -0.05) is 42.5 Å². The second-order valence-corrected chi connectivity index (χ2v) is 17.0. The minimum absolute atomic E-state index is 0.0320. The van der Waals surface area contributed by atoms with Gasteiger partial charge >= 0.3 is 24.7 Å². The Morgan fingerprint density at radius 3 is 1.34 bits per heavy atom. The number of benzene rings is 3. The number of hydrogen-bond donors (Lipinski definition) is 5. The molecule has 8 unspecified atom stereocenters. The number of amides is 4. The number of nitrogens with zero attached hydrogens (tertiary/aromatic N) is 1. The third kappa shape index (κ3) is 6.62. The summed E-state index contributed by atoms with van der Waals surface area (Å²) >= 11 is 0. The maximum Gasteiger partial charge on any atom is 0.411 e. The van der Waals surface area contributed by atoms with Crippen LogP contribution in [-0.4, -0.2) is 63.7 Å². The second kappa shape index (κ2) is 14.6. The molecule has 5 N–H and O–H groups in total. The highest BCUT2D eigenvalue weighted by molar-refractivity contribution is 6.23. The summed E-state index contributed by atoms with van der Waals surface area (Å²) in [4.78, 5) is 55.1. The number of fused-ring (bicyclic) bond motifs is 7. The Morgan fingerprint density at radius 1 is 0.538 bits per heavy atom. The molecule has 22 heteroatoms. The van der Waals surface area contributed by atoms with E-state index in [0.717, 1.165) is 0 Å². The number of aromatic hydroxyl groups is 3. The van der Waals surface area contributed by atoms with Crippen LogP contribution in [0.2, 0.25) is 0 Å². The van der Waals surface area contributed by atoms with E-state index >= 15 is 26.3 Å². The fourth-order valence-corrected chi connectivity index (χ4v) is 10.3. The third-order valence-corrected chi connectivity index (χ3v) is 13.7. The van der Waals surface area contributed by atoms with Gasteiger partial charge in [0, 0.05) is 0 Å². The molecule has 4 bridgehead atoms. The molecule has 65 heavy (non-hydrogen) atoms. The molecule has 0 radical (unpaired) electrons. The van der Waals surface area contributed by atoms with Gasteiger partial charge in [-0.2, -0.15) is 52.7 Å². The number of carbonyl (C=O) groups is 4. The molecular weight excluding hydrogens is 898 g/mol. The van der Waals surface area contributed by atoms with Gasteiger partial charge in [0.25, 0.3) is 0 Å². The van der Waals surface area contributed by atoms with Crippen LogP contribution >= 0.6 is 0 Å². The number of phenols is 3. The van der Waals surface area contributed by atoms with Crippen LogP contribution in [0.25, 0.3) is 0 Å². The molecule has 0 aromatic heterocycles. The van der Waals surface area contributed by atoms with Gasteiger partial charge in [0.15, 0.2) is 5.41 Å². The summed E-state index contributed by atoms with van der Waals surface area (Å²) in [6.45, 7) is -0.157. The zero-order valence-electron chi connectivity index (χ0n) is 33.0. The first-order chi connectivity index (χ1) is 30.0. The molecule has 8 rings (SSSR count). The zero-order valence-corrected chi connectivity index (χ0v) is 33.0. The van der Waals surface area contributed by atoms with E-state index in [1.54, 1.807) is 12.2 Å². The lowest BCUT2D eigenvalue weighted by atomic mass is 9.72. The van der Waals surface area contributed by atoms with Gasteiger partial charge in [0.05, 0.1) is 40.7 Å². The number of phenolic OH excluding ortho intramolecular Hbond substituents is 3. The second-order valence-electron chi connectivity index (χ2n) is 17.0. The number of hydrogen-bond acceptors (Lipinski definition) is 7. The molecule has 3 fully saturated rings. The van der Waals surface area contributed by atoms with Gasteiger partial charge in [0.1, 0.15) is 17.2 Å². The molecule has 1 saturated heterocycles. The third-order valence-electron chi connectivity index (χ3n) is 13.7. The highest BCUT2D eigenvalue weighted by Crippen LogP contribution is 2.60. The lowest BCUT2D eigenvalue weighted by Crippen LogP contribution is -2.54. The average Bonchev–Trinajstić information content (AvgIpc) is 4.04. The number of allylic oxidation sites excluding steroid dienone is 4. The van der Waals surface area contributed by atoms with E-state index < -0.39 is 158 Å². The van der Waals surface area contributed by atoms with Crippen LogP contribution in [0.15, 0.2) is 78.9 Å². The molecule has 3 aromatic rings. The molecule has 2 saturated carbocycles. The molecule has 4 amide bonds. The predicted octanol–water partition coefficient (Wildman–Crippen LogP) is 8.92. The Hall–Kier alpha value is -6.22. The fraction of sp³-hybridized carbons (Fsp3) is 0.395. The lowest BCUT2D eigenvalue weighted by molar-refractivity contribution is -0.297. The first-order valence-electron chi connectivity index (χ1n) is 19.7. The first kappa shape index (κ1) is 45.4. The molecule has 1 heterocycles. The summed E-state index contributed by atoms with van der Waals surface area (Å²) < 4.78 is 176. The quantitative estimate of drug-likeness (QED) is 0.0654. The fourth-order valence-electron chi connectivity index (χ4n) is 10.3. The van der Waals surface area contributed by atoms with E-state index in [2.05, 4.69) is 5.32 Å². The Morgan fingerprint density at radius 2 is 0.908 bits per heavy atom. The Balaban J connectivity index is 1.13. The van der Waals surface area contributed by atoms with Crippen molar-refractivity contribution >= 4 is 40.7 Å². The molecule has 0 spiro atoms. The molecule has 10 nitrogen and oxygen atoms in total. The van der Waals surface area contributed by atoms with E-state index in [9.17, 15) is 60.8 Å². The molecule has 3 aromatic carbocycles.